The highest BCUT2D eigenvalue weighted by molar-refractivity contribution is 7.99. The molecule has 0 unspecified atom stereocenters. The lowest BCUT2D eigenvalue weighted by molar-refractivity contribution is -0.960. The topological polar surface area (TPSA) is 38.0 Å². The molecule has 134 valence electrons. The zero-order valence-electron chi connectivity index (χ0n) is 14.8. The molecule has 0 atom stereocenters. The maximum Gasteiger partial charge on any atom is 0.194 e. The molecule has 26 heavy (non-hydrogen) atoms. The Labute approximate surface area is 163 Å². The molecule has 4 rings (SSSR count). The molecule has 6 heteroatoms. The molecule has 2 heterocycles. The quantitative estimate of drug-likeness (QED) is 0.643. The average Bonchev–Trinajstić information content (AvgIpc) is 2.97. The Bertz CT molecular complexity index is 859. The first kappa shape index (κ1) is 17.5. The number of thioether (sulfide) groups is 1. The highest BCUT2D eigenvalue weighted by Crippen LogP contribution is 2.24. The highest BCUT2D eigenvalue weighted by Gasteiger charge is 2.38. The second-order valence-electron chi connectivity index (χ2n) is 6.76. The lowest BCUT2D eigenvalue weighted by Gasteiger charge is -2.40. The molecule has 3 aromatic rings. The minimum atomic E-state index is 0.412. The summed E-state index contributed by atoms with van der Waals surface area (Å²) in [7, 11) is 1.97. The van der Waals surface area contributed by atoms with Gasteiger partial charge in [0.05, 0.1) is 18.8 Å². The van der Waals surface area contributed by atoms with Crippen molar-refractivity contribution in [3.8, 4) is 0 Å². The van der Waals surface area contributed by atoms with Crippen LogP contribution in [0.3, 0.4) is 0 Å². The molecule has 0 saturated carbocycles. The van der Waals surface area contributed by atoms with Crippen molar-refractivity contribution in [1.29, 1.82) is 0 Å². The molecule has 1 aliphatic rings. The monoisotopic (exact) mass is 383 g/mol. The van der Waals surface area contributed by atoms with Crippen molar-refractivity contribution in [2.75, 3.05) is 13.1 Å². The van der Waals surface area contributed by atoms with E-state index >= 15 is 0 Å². The summed E-state index contributed by atoms with van der Waals surface area (Å²) in [5, 5.41) is 7.85. The average molecular weight is 384 g/mol. The number of quaternary nitrogens is 1. The van der Waals surface area contributed by atoms with Gasteiger partial charge in [0.25, 0.3) is 0 Å². The van der Waals surface area contributed by atoms with Crippen LogP contribution < -0.4 is 4.90 Å². The van der Waals surface area contributed by atoms with Gasteiger partial charge in [-0.15, -0.1) is 11.8 Å². The van der Waals surface area contributed by atoms with Crippen molar-refractivity contribution in [3.05, 3.63) is 82.4 Å². The number of nitrogens with one attached hydrogen (secondary N) is 2. The lowest BCUT2D eigenvalue weighted by atomic mass is 9.94. The molecule has 4 nitrogen and oxygen atoms in total. The Morgan fingerprint density at radius 2 is 1.69 bits per heavy atom. The molecule has 0 radical (unpaired) electrons. The van der Waals surface area contributed by atoms with E-state index < -0.39 is 0 Å². The predicted molar refractivity (Wildman–Crippen MR) is 109 cm³/mol. The van der Waals surface area contributed by atoms with Crippen LogP contribution in [0.2, 0.25) is 0 Å². The Balaban J connectivity index is 1.43. The van der Waals surface area contributed by atoms with E-state index in [0.29, 0.717) is 16.1 Å². The van der Waals surface area contributed by atoms with Crippen molar-refractivity contribution < 1.29 is 4.90 Å². The number of likely N-dealkylation sites (tertiary alicyclic amines) is 1. The molecule has 1 aromatic heterocycles. The fourth-order valence-corrected chi connectivity index (χ4v) is 4.99. The van der Waals surface area contributed by atoms with E-state index in [9.17, 15) is 0 Å². The number of aromatic nitrogens is 3. The third kappa shape index (κ3) is 3.63. The molecule has 0 aliphatic carbocycles. The second-order valence-corrected chi connectivity index (χ2v) is 8.43. The Hall–Kier alpha value is -1.89. The van der Waals surface area contributed by atoms with Crippen LogP contribution in [-0.2, 0) is 12.8 Å². The zero-order valence-corrected chi connectivity index (χ0v) is 16.4. The zero-order chi connectivity index (χ0) is 17.9. The number of hydrogen-bond donors (Lipinski definition) is 2. The van der Waals surface area contributed by atoms with Crippen LogP contribution in [0.1, 0.15) is 23.0 Å². The molecule has 0 bridgehead atoms. The number of rotatable bonds is 6. The first-order valence-corrected chi connectivity index (χ1v) is 10.3. The van der Waals surface area contributed by atoms with Gasteiger partial charge in [0, 0.05) is 18.2 Å². The van der Waals surface area contributed by atoms with Gasteiger partial charge in [-0.05, 0) is 12.2 Å². The molecule has 2 aromatic carbocycles. The predicted octanol–water partition coefficient (Wildman–Crippen LogP) is 2.77. The molecule has 0 amide bonds. The number of hydrogen-bond acceptors (Lipinski definition) is 3. The minimum Gasteiger partial charge on any atom is -0.323 e. The smallest absolute Gasteiger partial charge is 0.194 e. The summed E-state index contributed by atoms with van der Waals surface area (Å²) in [4.78, 5) is 1.63. The second kappa shape index (κ2) is 7.78. The Morgan fingerprint density at radius 1 is 1.12 bits per heavy atom. The van der Waals surface area contributed by atoms with Gasteiger partial charge in [-0.3, -0.25) is 5.10 Å². The van der Waals surface area contributed by atoms with E-state index in [1.165, 1.54) is 24.2 Å². The van der Waals surface area contributed by atoms with E-state index in [1.54, 1.807) is 4.90 Å². The van der Waals surface area contributed by atoms with E-state index in [4.69, 9.17) is 12.2 Å². The molecular weight excluding hydrogens is 360 g/mol. The first-order valence-electron chi connectivity index (χ1n) is 8.88. The third-order valence-electron chi connectivity index (χ3n) is 5.07. The van der Waals surface area contributed by atoms with Gasteiger partial charge in [0.2, 0.25) is 0 Å². The van der Waals surface area contributed by atoms with Gasteiger partial charge < -0.3 is 9.47 Å². The number of H-pyrrole nitrogens is 1. The van der Waals surface area contributed by atoms with Crippen LogP contribution in [0.25, 0.3) is 0 Å². The third-order valence-corrected chi connectivity index (χ3v) is 6.67. The minimum absolute atomic E-state index is 0.412. The Morgan fingerprint density at radius 3 is 2.19 bits per heavy atom. The van der Waals surface area contributed by atoms with Crippen molar-refractivity contribution in [1.82, 2.24) is 14.8 Å². The van der Waals surface area contributed by atoms with Crippen LogP contribution >= 0.6 is 24.0 Å². The van der Waals surface area contributed by atoms with E-state index in [-0.39, 0.29) is 0 Å². The number of aromatic amines is 1. The lowest BCUT2D eigenvalue weighted by Crippen LogP contribution is -3.21. The largest absolute Gasteiger partial charge is 0.323 e. The summed E-state index contributed by atoms with van der Waals surface area (Å²) < 4.78 is 2.65. The standard InChI is InChI=1S/C20H22N4S2/c1-23-18(21-22-20(23)25)14-26-17-12-24(13-17)19(15-8-4-2-5-9-15)16-10-6-3-7-11-16/h2-11,17,19H,12-14H2,1H3,(H,22,25)/p+1. The van der Waals surface area contributed by atoms with E-state index in [0.717, 1.165) is 11.6 Å². The molecule has 2 N–H and O–H groups in total. The van der Waals surface area contributed by atoms with Crippen LogP contribution in [0, 0.1) is 4.77 Å². The van der Waals surface area contributed by atoms with Gasteiger partial charge in [-0.1, -0.05) is 60.7 Å². The van der Waals surface area contributed by atoms with Crippen LogP contribution in [0.5, 0.6) is 0 Å². The van der Waals surface area contributed by atoms with E-state index in [2.05, 4.69) is 70.9 Å². The van der Waals surface area contributed by atoms with Crippen molar-refractivity contribution >= 4 is 24.0 Å². The molecule has 1 saturated heterocycles. The fraction of sp³-hybridized carbons (Fsp3) is 0.300. The Kier molecular flexibility index (Phi) is 5.24. The van der Waals surface area contributed by atoms with Gasteiger partial charge >= 0.3 is 0 Å². The summed E-state index contributed by atoms with van der Waals surface area (Å²) in [6.45, 7) is 2.35. The van der Waals surface area contributed by atoms with Crippen LogP contribution in [-0.4, -0.2) is 33.1 Å². The SMILES string of the molecule is Cn1c(CSC2C[NH+](C(c3ccccc3)c3ccccc3)C2)n[nH]c1=S. The van der Waals surface area contributed by atoms with Gasteiger partial charge in [0.15, 0.2) is 4.77 Å². The van der Waals surface area contributed by atoms with Gasteiger partial charge in [0.1, 0.15) is 17.1 Å². The van der Waals surface area contributed by atoms with E-state index in [1.807, 2.05) is 23.4 Å². The van der Waals surface area contributed by atoms with Gasteiger partial charge in [-0.25, -0.2) is 0 Å². The van der Waals surface area contributed by atoms with Crippen molar-refractivity contribution in [2.24, 2.45) is 7.05 Å². The number of nitrogens with zero attached hydrogens (tertiary/aromatic N) is 2. The summed E-state index contributed by atoms with van der Waals surface area (Å²) in [5.74, 6) is 1.93. The summed E-state index contributed by atoms with van der Waals surface area (Å²) in [6.07, 6.45) is 0. The molecule has 1 aliphatic heterocycles. The first-order chi connectivity index (χ1) is 12.7. The van der Waals surface area contributed by atoms with Gasteiger partial charge in [-0.2, -0.15) is 5.10 Å². The number of benzene rings is 2. The normalized spacial score (nSPS) is 19.5. The highest BCUT2D eigenvalue weighted by atomic mass is 32.2. The van der Waals surface area contributed by atoms with Crippen molar-refractivity contribution in [2.45, 2.75) is 17.0 Å². The van der Waals surface area contributed by atoms with Crippen LogP contribution in [0.15, 0.2) is 60.7 Å². The summed E-state index contributed by atoms with van der Waals surface area (Å²) >= 11 is 7.17. The molecular formula is C20H23N4S2+. The maximum absolute atomic E-state index is 5.19. The summed E-state index contributed by atoms with van der Waals surface area (Å²) in [5.41, 5.74) is 2.79. The van der Waals surface area contributed by atoms with Crippen LogP contribution in [0.4, 0.5) is 0 Å². The summed E-state index contributed by atoms with van der Waals surface area (Å²) in [6, 6.07) is 22.2. The molecule has 1 fully saturated rings. The maximum atomic E-state index is 5.19. The fourth-order valence-electron chi connectivity index (χ4n) is 3.53. The van der Waals surface area contributed by atoms with Crippen molar-refractivity contribution in [3.63, 3.8) is 0 Å². The molecule has 0 spiro atoms.